The van der Waals surface area contributed by atoms with Crippen molar-refractivity contribution < 1.29 is 4.79 Å². The molecule has 1 heterocycles. The number of anilines is 1. The normalized spacial score (nSPS) is 14.4. The van der Waals surface area contributed by atoms with E-state index in [1.54, 1.807) is 19.0 Å². The van der Waals surface area contributed by atoms with Gasteiger partial charge in [-0.15, -0.1) is 0 Å². The van der Waals surface area contributed by atoms with Crippen LogP contribution in [0.3, 0.4) is 0 Å². The molecule has 6 heteroatoms. The zero-order valence-electron chi connectivity index (χ0n) is 10.9. The number of carbonyl (C=O) groups is 1. The SMILES string of the molecule is CN(C)C(=O)CN(C)c1cc(Br)nc(C2CC2)n1. The molecule has 0 spiro atoms. The van der Waals surface area contributed by atoms with Crippen LogP contribution in [0.15, 0.2) is 10.7 Å². The molecular weight excluding hydrogens is 296 g/mol. The molecule has 1 saturated carbocycles. The van der Waals surface area contributed by atoms with Crippen molar-refractivity contribution in [3.63, 3.8) is 0 Å². The molecule has 0 unspecified atom stereocenters. The van der Waals surface area contributed by atoms with E-state index in [4.69, 9.17) is 0 Å². The van der Waals surface area contributed by atoms with Gasteiger partial charge in [0.25, 0.3) is 0 Å². The Bertz CT molecular complexity index is 459. The summed E-state index contributed by atoms with van der Waals surface area (Å²) in [4.78, 5) is 24.0. The van der Waals surface area contributed by atoms with Gasteiger partial charge in [0, 0.05) is 33.1 Å². The molecule has 0 bridgehead atoms. The highest BCUT2D eigenvalue weighted by Gasteiger charge is 2.27. The minimum absolute atomic E-state index is 0.0557. The number of hydrogen-bond acceptors (Lipinski definition) is 4. The van der Waals surface area contributed by atoms with Gasteiger partial charge in [-0.25, -0.2) is 9.97 Å². The highest BCUT2D eigenvalue weighted by atomic mass is 79.9. The van der Waals surface area contributed by atoms with Crippen LogP contribution in [-0.2, 0) is 4.79 Å². The van der Waals surface area contributed by atoms with Crippen molar-refractivity contribution in [1.29, 1.82) is 0 Å². The van der Waals surface area contributed by atoms with Crippen molar-refractivity contribution in [1.82, 2.24) is 14.9 Å². The summed E-state index contributed by atoms with van der Waals surface area (Å²) < 4.78 is 0.776. The molecule has 0 N–H and O–H groups in total. The smallest absolute Gasteiger partial charge is 0.241 e. The van der Waals surface area contributed by atoms with Crippen LogP contribution in [0.2, 0.25) is 0 Å². The molecule has 1 aromatic rings. The maximum absolute atomic E-state index is 11.7. The van der Waals surface area contributed by atoms with Crippen LogP contribution >= 0.6 is 15.9 Å². The van der Waals surface area contributed by atoms with Gasteiger partial charge in [0.15, 0.2) is 0 Å². The Morgan fingerprint density at radius 2 is 2.06 bits per heavy atom. The van der Waals surface area contributed by atoms with E-state index in [1.165, 1.54) is 0 Å². The van der Waals surface area contributed by atoms with E-state index in [0.29, 0.717) is 12.5 Å². The summed E-state index contributed by atoms with van der Waals surface area (Å²) in [6.45, 7) is 0.320. The van der Waals surface area contributed by atoms with Crippen LogP contribution in [-0.4, -0.2) is 48.5 Å². The largest absolute Gasteiger partial charge is 0.350 e. The quantitative estimate of drug-likeness (QED) is 0.793. The summed E-state index contributed by atoms with van der Waals surface area (Å²) in [5, 5.41) is 0. The Hall–Kier alpha value is -1.17. The van der Waals surface area contributed by atoms with E-state index in [-0.39, 0.29) is 5.91 Å². The van der Waals surface area contributed by atoms with Gasteiger partial charge in [0.1, 0.15) is 16.2 Å². The average molecular weight is 313 g/mol. The fourth-order valence-corrected chi connectivity index (χ4v) is 1.95. The second-order valence-electron chi connectivity index (χ2n) is 4.83. The molecule has 98 valence electrons. The monoisotopic (exact) mass is 312 g/mol. The molecule has 0 saturated heterocycles. The van der Waals surface area contributed by atoms with E-state index >= 15 is 0 Å². The molecule has 1 aromatic heterocycles. The topological polar surface area (TPSA) is 49.3 Å². The van der Waals surface area contributed by atoms with Crippen LogP contribution in [0.1, 0.15) is 24.6 Å². The molecule has 0 aromatic carbocycles. The summed E-state index contributed by atoms with van der Waals surface area (Å²) in [6, 6.07) is 1.84. The van der Waals surface area contributed by atoms with E-state index in [9.17, 15) is 4.79 Å². The van der Waals surface area contributed by atoms with Crippen LogP contribution in [0, 0.1) is 0 Å². The lowest BCUT2D eigenvalue weighted by atomic mass is 10.4. The summed E-state index contributed by atoms with van der Waals surface area (Å²) >= 11 is 3.40. The Labute approximate surface area is 115 Å². The maximum atomic E-state index is 11.7. The van der Waals surface area contributed by atoms with Crippen molar-refractivity contribution in [2.45, 2.75) is 18.8 Å². The lowest BCUT2D eigenvalue weighted by molar-refractivity contribution is -0.127. The van der Waals surface area contributed by atoms with Crippen LogP contribution < -0.4 is 4.90 Å². The van der Waals surface area contributed by atoms with Crippen molar-refractivity contribution >= 4 is 27.7 Å². The van der Waals surface area contributed by atoms with Gasteiger partial charge in [0.05, 0.1) is 6.54 Å². The lowest BCUT2D eigenvalue weighted by Crippen LogP contribution is -2.34. The summed E-state index contributed by atoms with van der Waals surface area (Å²) in [7, 11) is 5.37. The molecular formula is C12H17BrN4O. The maximum Gasteiger partial charge on any atom is 0.241 e. The van der Waals surface area contributed by atoms with Gasteiger partial charge < -0.3 is 9.80 Å². The third kappa shape index (κ3) is 3.19. The molecule has 0 radical (unpaired) electrons. The van der Waals surface area contributed by atoms with Crippen molar-refractivity contribution in [2.75, 3.05) is 32.6 Å². The number of likely N-dealkylation sites (N-methyl/N-ethyl adjacent to an activating group) is 2. The van der Waals surface area contributed by atoms with Gasteiger partial charge in [-0.1, -0.05) is 0 Å². The number of hydrogen-bond donors (Lipinski definition) is 0. The first-order chi connectivity index (χ1) is 8.47. The molecule has 0 atom stereocenters. The molecule has 18 heavy (non-hydrogen) atoms. The van der Waals surface area contributed by atoms with Gasteiger partial charge in [-0.3, -0.25) is 4.79 Å². The second-order valence-corrected chi connectivity index (χ2v) is 5.64. The van der Waals surface area contributed by atoms with E-state index in [1.807, 2.05) is 18.0 Å². The number of rotatable bonds is 4. The highest BCUT2D eigenvalue weighted by molar-refractivity contribution is 9.10. The Kier molecular flexibility index (Phi) is 3.85. The molecule has 5 nitrogen and oxygen atoms in total. The minimum atomic E-state index is 0.0557. The molecule has 1 aliphatic carbocycles. The molecule has 2 rings (SSSR count). The fraction of sp³-hybridized carbons (Fsp3) is 0.583. The second kappa shape index (κ2) is 5.22. The predicted molar refractivity (Wildman–Crippen MR) is 73.7 cm³/mol. The number of aromatic nitrogens is 2. The first-order valence-corrected chi connectivity index (χ1v) is 6.72. The van der Waals surface area contributed by atoms with Crippen LogP contribution in [0.25, 0.3) is 0 Å². The van der Waals surface area contributed by atoms with Crippen LogP contribution in [0.4, 0.5) is 5.82 Å². The predicted octanol–water partition coefficient (Wildman–Crippen LogP) is 1.64. The van der Waals surface area contributed by atoms with Gasteiger partial charge >= 0.3 is 0 Å². The first kappa shape index (κ1) is 13.3. The molecule has 0 aliphatic heterocycles. The summed E-state index contributed by atoms with van der Waals surface area (Å²) in [5.41, 5.74) is 0. The highest BCUT2D eigenvalue weighted by Crippen LogP contribution is 2.39. The third-order valence-corrected chi connectivity index (χ3v) is 3.31. The zero-order chi connectivity index (χ0) is 13.3. The minimum Gasteiger partial charge on any atom is -0.350 e. The molecule has 1 fully saturated rings. The number of carbonyl (C=O) groups excluding carboxylic acids is 1. The Morgan fingerprint density at radius 1 is 1.39 bits per heavy atom. The average Bonchev–Trinajstić information content (AvgIpc) is 3.11. The van der Waals surface area contributed by atoms with Gasteiger partial charge in [-0.05, 0) is 28.8 Å². The van der Waals surface area contributed by atoms with Crippen LogP contribution in [0.5, 0.6) is 0 Å². The van der Waals surface area contributed by atoms with Gasteiger partial charge in [0.2, 0.25) is 5.91 Å². The third-order valence-electron chi connectivity index (χ3n) is 2.90. The summed E-state index contributed by atoms with van der Waals surface area (Å²) in [5.74, 6) is 2.22. The fourth-order valence-electron chi connectivity index (χ4n) is 1.57. The Balaban J connectivity index is 2.14. The number of amides is 1. The van der Waals surface area contributed by atoms with Crippen molar-refractivity contribution in [2.24, 2.45) is 0 Å². The zero-order valence-corrected chi connectivity index (χ0v) is 12.4. The first-order valence-electron chi connectivity index (χ1n) is 5.93. The van der Waals surface area contributed by atoms with Gasteiger partial charge in [-0.2, -0.15) is 0 Å². The molecule has 1 aliphatic rings. The van der Waals surface area contributed by atoms with E-state index in [2.05, 4.69) is 25.9 Å². The lowest BCUT2D eigenvalue weighted by Gasteiger charge is -2.20. The van der Waals surface area contributed by atoms with Crippen molar-refractivity contribution in [3.8, 4) is 0 Å². The molecule has 1 amide bonds. The summed E-state index contributed by atoms with van der Waals surface area (Å²) in [6.07, 6.45) is 2.33. The van der Waals surface area contributed by atoms with E-state index < -0.39 is 0 Å². The van der Waals surface area contributed by atoms with E-state index in [0.717, 1.165) is 29.1 Å². The number of halogens is 1. The Morgan fingerprint density at radius 3 is 2.61 bits per heavy atom. The van der Waals surface area contributed by atoms with Crippen molar-refractivity contribution in [3.05, 3.63) is 16.5 Å². The number of nitrogens with zero attached hydrogens (tertiary/aromatic N) is 4. The standard InChI is InChI=1S/C12H17BrN4O/c1-16(2)11(18)7-17(3)10-6-9(13)14-12(15-10)8-4-5-8/h6,8H,4-5,7H2,1-3H3.